The summed E-state index contributed by atoms with van der Waals surface area (Å²) in [5.74, 6) is 0. The summed E-state index contributed by atoms with van der Waals surface area (Å²) in [5.41, 5.74) is 3.62. The fourth-order valence-electron chi connectivity index (χ4n) is 4.67. The van der Waals surface area contributed by atoms with Crippen molar-refractivity contribution in [3.8, 4) is 0 Å². The Labute approximate surface area is 196 Å². The van der Waals surface area contributed by atoms with Crippen LogP contribution in [0, 0.1) is 0 Å². The first kappa shape index (κ1) is 20.1. The van der Waals surface area contributed by atoms with Gasteiger partial charge in [0, 0.05) is 36.1 Å². The van der Waals surface area contributed by atoms with E-state index in [1.807, 2.05) is 30.0 Å². The maximum atomic E-state index is 6.17. The zero-order valence-corrected chi connectivity index (χ0v) is 19.0. The molecule has 0 radical (unpaired) electrons. The molecule has 1 fully saturated rings. The first-order chi connectivity index (χ1) is 15.8. The van der Waals surface area contributed by atoms with Crippen molar-refractivity contribution < 1.29 is 0 Å². The molecule has 5 nitrogen and oxygen atoms in total. The van der Waals surface area contributed by atoms with Gasteiger partial charge in [0.05, 0.1) is 11.7 Å². The molecule has 1 saturated heterocycles. The fourth-order valence-corrected chi connectivity index (χ4v) is 5.95. The maximum Gasteiger partial charge on any atom is 0.154 e. The Bertz CT molecular complexity index is 1280. The number of hydrogen-bond acceptors (Lipinski definition) is 6. The van der Waals surface area contributed by atoms with E-state index in [0.717, 1.165) is 47.6 Å². The molecule has 2 unspecified atom stereocenters. The molecule has 3 aliphatic heterocycles. The van der Waals surface area contributed by atoms with Gasteiger partial charge in [0.1, 0.15) is 17.1 Å². The third-order valence-electron chi connectivity index (χ3n) is 6.28. The van der Waals surface area contributed by atoms with Crippen LogP contribution in [0.2, 0.25) is 5.02 Å². The molecule has 0 aliphatic carbocycles. The summed E-state index contributed by atoms with van der Waals surface area (Å²) in [6, 6.07) is 23.4. The highest BCUT2D eigenvalue weighted by Crippen LogP contribution is 2.33. The second-order valence-electron chi connectivity index (χ2n) is 8.16. The van der Waals surface area contributed by atoms with E-state index < -0.39 is 0 Å². The number of thioether (sulfide) groups is 1. The second-order valence-corrected chi connectivity index (χ2v) is 9.70. The SMILES string of the molecule is Clc1ccc(C(c2ccccc2)N2CCN(C3N=c4c(ccc5c4=NC=N5)S3)CC2)cc1. The van der Waals surface area contributed by atoms with Crippen molar-refractivity contribution in [2.45, 2.75) is 16.4 Å². The Hall–Kier alpha value is -2.51. The van der Waals surface area contributed by atoms with E-state index in [2.05, 4.69) is 68.3 Å². The third-order valence-corrected chi connectivity index (χ3v) is 7.73. The predicted octanol–water partition coefficient (Wildman–Crippen LogP) is 4.05. The molecule has 160 valence electrons. The van der Waals surface area contributed by atoms with Crippen LogP contribution in [-0.4, -0.2) is 47.8 Å². The lowest BCUT2D eigenvalue weighted by atomic mass is 9.96. The van der Waals surface area contributed by atoms with Crippen molar-refractivity contribution >= 4 is 35.4 Å². The van der Waals surface area contributed by atoms with E-state index in [1.54, 1.807) is 6.34 Å². The molecule has 3 aliphatic rings. The molecule has 2 atom stereocenters. The lowest BCUT2D eigenvalue weighted by Crippen LogP contribution is -2.50. The summed E-state index contributed by atoms with van der Waals surface area (Å²) < 4.78 is 0. The number of piperazine rings is 1. The van der Waals surface area contributed by atoms with Crippen LogP contribution in [0.25, 0.3) is 0 Å². The summed E-state index contributed by atoms with van der Waals surface area (Å²) in [7, 11) is 0. The molecule has 0 N–H and O–H groups in total. The molecular weight excluding hydrogens is 438 g/mol. The Morgan fingerprint density at radius 2 is 1.59 bits per heavy atom. The van der Waals surface area contributed by atoms with Crippen LogP contribution < -0.4 is 10.7 Å². The summed E-state index contributed by atoms with van der Waals surface area (Å²) in [4.78, 5) is 20.0. The summed E-state index contributed by atoms with van der Waals surface area (Å²) in [5, 5.41) is 2.69. The summed E-state index contributed by atoms with van der Waals surface area (Å²) >= 11 is 7.99. The van der Waals surface area contributed by atoms with Gasteiger partial charge in [0.25, 0.3) is 0 Å². The molecule has 6 rings (SSSR count). The van der Waals surface area contributed by atoms with Crippen LogP contribution in [0.15, 0.2) is 86.6 Å². The largest absolute Gasteiger partial charge is 0.290 e. The quantitative estimate of drug-likeness (QED) is 0.591. The van der Waals surface area contributed by atoms with Gasteiger partial charge < -0.3 is 0 Å². The van der Waals surface area contributed by atoms with Gasteiger partial charge >= 0.3 is 0 Å². The highest BCUT2D eigenvalue weighted by molar-refractivity contribution is 8.00. The molecule has 3 aromatic carbocycles. The second kappa shape index (κ2) is 8.45. The van der Waals surface area contributed by atoms with E-state index in [9.17, 15) is 0 Å². The maximum absolute atomic E-state index is 6.17. The molecule has 32 heavy (non-hydrogen) atoms. The van der Waals surface area contributed by atoms with E-state index in [-0.39, 0.29) is 11.5 Å². The molecule has 0 saturated carbocycles. The zero-order valence-electron chi connectivity index (χ0n) is 17.4. The van der Waals surface area contributed by atoms with Gasteiger partial charge in [-0.15, -0.1) is 0 Å². The van der Waals surface area contributed by atoms with Gasteiger partial charge in [-0.3, -0.25) is 14.8 Å². The standard InChI is InChI=1S/C25H22ClN5S/c26-19-8-6-18(7-9-19)24(17-4-2-1-3-5-17)30-12-14-31(15-13-30)25-29-23-21(32-25)11-10-20-22(23)28-16-27-20/h1-11,16,24-25H,12-15H2. The van der Waals surface area contributed by atoms with Gasteiger partial charge in [-0.25, -0.2) is 9.98 Å². The van der Waals surface area contributed by atoms with Crippen LogP contribution in [0.3, 0.4) is 0 Å². The van der Waals surface area contributed by atoms with Crippen LogP contribution in [0.1, 0.15) is 17.2 Å². The van der Waals surface area contributed by atoms with Crippen molar-refractivity contribution in [3.05, 3.63) is 93.6 Å². The molecular formula is C25H22ClN5S. The minimum Gasteiger partial charge on any atom is -0.290 e. The van der Waals surface area contributed by atoms with Crippen molar-refractivity contribution in [1.82, 2.24) is 9.80 Å². The lowest BCUT2D eigenvalue weighted by Gasteiger charge is -2.40. The van der Waals surface area contributed by atoms with Gasteiger partial charge in [-0.1, -0.05) is 65.8 Å². The minimum absolute atomic E-state index is 0.111. The molecule has 0 spiro atoms. The van der Waals surface area contributed by atoms with Crippen LogP contribution >= 0.6 is 23.4 Å². The van der Waals surface area contributed by atoms with E-state index in [0.29, 0.717) is 0 Å². The van der Waals surface area contributed by atoms with Crippen LogP contribution in [-0.2, 0) is 0 Å². The average molecular weight is 460 g/mol. The Kier molecular flexibility index (Phi) is 5.31. The number of benzene rings is 3. The smallest absolute Gasteiger partial charge is 0.154 e. The number of fused-ring (bicyclic) bond motifs is 3. The number of aliphatic imine (C=N–C) groups is 1. The lowest BCUT2D eigenvalue weighted by molar-refractivity contribution is 0.104. The molecule has 0 bridgehead atoms. The normalized spacial score (nSPS) is 21.0. The third kappa shape index (κ3) is 3.67. The van der Waals surface area contributed by atoms with Crippen LogP contribution in [0.4, 0.5) is 5.69 Å². The molecule has 3 aromatic rings. The van der Waals surface area contributed by atoms with E-state index in [4.69, 9.17) is 16.6 Å². The minimum atomic E-state index is 0.111. The van der Waals surface area contributed by atoms with E-state index >= 15 is 0 Å². The first-order valence-electron chi connectivity index (χ1n) is 10.8. The number of rotatable bonds is 4. The topological polar surface area (TPSA) is 43.6 Å². The number of hydrogen-bond donors (Lipinski definition) is 0. The average Bonchev–Trinajstić information content (AvgIpc) is 3.48. The Morgan fingerprint density at radius 1 is 0.844 bits per heavy atom. The molecule has 0 amide bonds. The Morgan fingerprint density at radius 3 is 2.38 bits per heavy atom. The number of halogens is 1. The van der Waals surface area contributed by atoms with Crippen molar-refractivity contribution in [2.24, 2.45) is 15.0 Å². The fraction of sp³-hybridized carbons (Fsp3) is 0.240. The van der Waals surface area contributed by atoms with Gasteiger partial charge in [-0.05, 0) is 35.4 Å². The van der Waals surface area contributed by atoms with Crippen molar-refractivity contribution in [2.75, 3.05) is 26.2 Å². The molecule has 3 heterocycles. The highest BCUT2D eigenvalue weighted by atomic mass is 35.5. The van der Waals surface area contributed by atoms with Gasteiger partial charge in [0.15, 0.2) is 5.50 Å². The van der Waals surface area contributed by atoms with Gasteiger partial charge in [-0.2, -0.15) is 0 Å². The van der Waals surface area contributed by atoms with Gasteiger partial charge in [0.2, 0.25) is 0 Å². The van der Waals surface area contributed by atoms with Crippen molar-refractivity contribution in [3.63, 3.8) is 0 Å². The first-order valence-corrected chi connectivity index (χ1v) is 12.1. The Balaban J connectivity index is 1.22. The zero-order chi connectivity index (χ0) is 21.5. The predicted molar refractivity (Wildman–Crippen MR) is 129 cm³/mol. The van der Waals surface area contributed by atoms with E-state index in [1.165, 1.54) is 16.0 Å². The highest BCUT2D eigenvalue weighted by Gasteiger charge is 2.31. The van der Waals surface area contributed by atoms with Crippen LogP contribution in [0.5, 0.6) is 0 Å². The summed E-state index contributed by atoms with van der Waals surface area (Å²) in [6.45, 7) is 3.91. The molecule has 0 aromatic heterocycles. The monoisotopic (exact) mass is 459 g/mol. The number of nitrogens with zero attached hydrogens (tertiary/aromatic N) is 5. The van der Waals surface area contributed by atoms with Crippen molar-refractivity contribution in [1.29, 1.82) is 0 Å². The molecule has 7 heteroatoms. The summed E-state index contributed by atoms with van der Waals surface area (Å²) in [6.07, 6.45) is 1.62.